The first-order valence-electron chi connectivity index (χ1n) is 8.18. The van der Waals surface area contributed by atoms with E-state index in [2.05, 4.69) is 9.71 Å². The average molecular weight is 388 g/mol. The van der Waals surface area contributed by atoms with E-state index in [1.54, 1.807) is 50.4 Å². The van der Waals surface area contributed by atoms with E-state index in [9.17, 15) is 13.2 Å². The van der Waals surface area contributed by atoms with Gasteiger partial charge < -0.3 is 14.5 Å². The van der Waals surface area contributed by atoms with Gasteiger partial charge in [-0.1, -0.05) is 6.07 Å². The Bertz CT molecular complexity index is 1150. The van der Waals surface area contributed by atoms with Crippen molar-refractivity contribution in [3.05, 3.63) is 63.9 Å². The fraction of sp³-hybridized carbons (Fsp3) is 0.211. The number of ether oxygens (including phenoxy) is 2. The van der Waals surface area contributed by atoms with Crippen molar-refractivity contribution in [3.8, 4) is 11.5 Å². The number of aromatic amines is 1. The highest BCUT2D eigenvalue weighted by Crippen LogP contribution is 2.25. The fourth-order valence-corrected chi connectivity index (χ4v) is 3.99. The van der Waals surface area contributed by atoms with Crippen LogP contribution in [-0.2, 0) is 16.6 Å². The molecule has 7 nitrogen and oxygen atoms in total. The van der Waals surface area contributed by atoms with Crippen molar-refractivity contribution in [1.82, 2.24) is 9.71 Å². The van der Waals surface area contributed by atoms with Crippen molar-refractivity contribution >= 4 is 20.9 Å². The van der Waals surface area contributed by atoms with Crippen molar-refractivity contribution < 1.29 is 17.9 Å². The molecule has 0 saturated carbocycles. The highest BCUT2D eigenvalue weighted by molar-refractivity contribution is 7.89. The third-order valence-corrected chi connectivity index (χ3v) is 5.61. The minimum atomic E-state index is -3.86. The van der Waals surface area contributed by atoms with Gasteiger partial charge in [-0.2, -0.15) is 0 Å². The molecule has 2 N–H and O–H groups in total. The van der Waals surface area contributed by atoms with Crippen LogP contribution in [0, 0.1) is 6.92 Å². The Morgan fingerprint density at radius 3 is 2.52 bits per heavy atom. The molecule has 0 fully saturated rings. The van der Waals surface area contributed by atoms with Crippen LogP contribution in [0.15, 0.2) is 52.2 Å². The maximum Gasteiger partial charge on any atom is 0.252 e. The lowest BCUT2D eigenvalue weighted by Gasteiger charge is -2.12. The van der Waals surface area contributed by atoms with Gasteiger partial charge in [0.1, 0.15) is 16.4 Å². The van der Waals surface area contributed by atoms with Crippen LogP contribution < -0.4 is 19.8 Å². The molecule has 3 aromatic rings. The summed E-state index contributed by atoms with van der Waals surface area (Å²) >= 11 is 0. The molecule has 1 aromatic heterocycles. The molecule has 0 saturated heterocycles. The van der Waals surface area contributed by atoms with Crippen LogP contribution in [0.2, 0.25) is 0 Å². The minimum absolute atomic E-state index is 0.0314. The third-order valence-electron chi connectivity index (χ3n) is 4.19. The summed E-state index contributed by atoms with van der Waals surface area (Å²) in [6.07, 6.45) is 0. The summed E-state index contributed by atoms with van der Waals surface area (Å²) in [5.74, 6) is 0.885. The van der Waals surface area contributed by atoms with Gasteiger partial charge in [0, 0.05) is 23.0 Å². The number of H-pyrrole nitrogens is 1. The number of hydrogen-bond acceptors (Lipinski definition) is 5. The van der Waals surface area contributed by atoms with Crippen molar-refractivity contribution in [3.63, 3.8) is 0 Å². The number of hydrogen-bond donors (Lipinski definition) is 2. The summed E-state index contributed by atoms with van der Waals surface area (Å²) in [5, 5.41) is 0.747. The second-order valence-corrected chi connectivity index (χ2v) is 7.79. The zero-order valence-electron chi connectivity index (χ0n) is 15.2. The first kappa shape index (κ1) is 18.9. The molecular formula is C19H20N2O5S. The topological polar surface area (TPSA) is 97.5 Å². The molecule has 3 rings (SSSR count). The summed E-state index contributed by atoms with van der Waals surface area (Å²) < 4.78 is 38.2. The molecular weight excluding hydrogens is 368 g/mol. The van der Waals surface area contributed by atoms with Gasteiger partial charge in [-0.05, 0) is 48.9 Å². The normalized spacial score (nSPS) is 11.5. The number of fused-ring (bicyclic) bond motifs is 1. The van der Waals surface area contributed by atoms with Gasteiger partial charge in [-0.25, -0.2) is 13.1 Å². The zero-order valence-corrected chi connectivity index (χ0v) is 16.0. The second kappa shape index (κ2) is 7.42. The molecule has 0 radical (unpaired) electrons. The van der Waals surface area contributed by atoms with E-state index in [0.29, 0.717) is 16.8 Å². The Kier molecular flexibility index (Phi) is 5.20. The first-order valence-corrected chi connectivity index (χ1v) is 9.66. The highest BCUT2D eigenvalue weighted by atomic mass is 32.2. The van der Waals surface area contributed by atoms with E-state index < -0.39 is 10.0 Å². The van der Waals surface area contributed by atoms with Crippen molar-refractivity contribution in [2.24, 2.45) is 0 Å². The van der Waals surface area contributed by atoms with Gasteiger partial charge in [0.05, 0.1) is 14.2 Å². The van der Waals surface area contributed by atoms with Crippen LogP contribution in [0.4, 0.5) is 0 Å². The number of sulfonamides is 1. The SMILES string of the molecule is COc1ccc2[nH]c(=O)c(CNS(=O)(=O)c3cc(C)ccc3OC)cc2c1. The molecule has 0 spiro atoms. The smallest absolute Gasteiger partial charge is 0.252 e. The number of pyridine rings is 1. The van der Waals surface area contributed by atoms with E-state index in [4.69, 9.17) is 9.47 Å². The van der Waals surface area contributed by atoms with Crippen LogP contribution in [0.3, 0.4) is 0 Å². The number of aromatic nitrogens is 1. The number of methoxy groups -OCH3 is 2. The van der Waals surface area contributed by atoms with Gasteiger partial charge in [-0.15, -0.1) is 0 Å². The summed E-state index contributed by atoms with van der Waals surface area (Å²) in [6.45, 7) is 1.64. The van der Waals surface area contributed by atoms with Crippen molar-refractivity contribution in [1.29, 1.82) is 0 Å². The van der Waals surface area contributed by atoms with Gasteiger partial charge >= 0.3 is 0 Å². The number of rotatable bonds is 6. The first-order chi connectivity index (χ1) is 12.8. The highest BCUT2D eigenvalue weighted by Gasteiger charge is 2.20. The van der Waals surface area contributed by atoms with Crippen LogP contribution in [-0.4, -0.2) is 27.6 Å². The molecule has 0 aliphatic heterocycles. The molecule has 0 unspecified atom stereocenters. The quantitative estimate of drug-likeness (QED) is 0.675. The Hall–Kier alpha value is -2.84. The van der Waals surface area contributed by atoms with Gasteiger partial charge in [0.2, 0.25) is 10.0 Å². The summed E-state index contributed by atoms with van der Waals surface area (Å²) in [5.41, 5.74) is 1.37. The molecule has 0 bridgehead atoms. The molecule has 0 aliphatic carbocycles. The molecule has 142 valence electrons. The third kappa shape index (κ3) is 3.96. The van der Waals surface area contributed by atoms with Gasteiger partial charge in [0.15, 0.2) is 0 Å². The monoisotopic (exact) mass is 388 g/mol. The van der Waals surface area contributed by atoms with E-state index in [1.165, 1.54) is 13.2 Å². The van der Waals surface area contributed by atoms with E-state index in [1.807, 2.05) is 0 Å². The second-order valence-electron chi connectivity index (χ2n) is 6.06. The number of nitrogens with one attached hydrogen (secondary N) is 2. The van der Waals surface area contributed by atoms with E-state index in [-0.39, 0.29) is 22.7 Å². The lowest BCUT2D eigenvalue weighted by Crippen LogP contribution is -2.27. The van der Waals surface area contributed by atoms with Gasteiger partial charge in [-0.3, -0.25) is 4.79 Å². The predicted molar refractivity (Wildman–Crippen MR) is 103 cm³/mol. The Labute approximate surface area is 157 Å². The number of aryl methyl sites for hydroxylation is 1. The van der Waals surface area contributed by atoms with E-state index >= 15 is 0 Å². The molecule has 2 aromatic carbocycles. The Morgan fingerprint density at radius 1 is 1.04 bits per heavy atom. The van der Waals surface area contributed by atoms with Crippen LogP contribution in [0.5, 0.6) is 11.5 Å². The zero-order chi connectivity index (χ0) is 19.6. The van der Waals surface area contributed by atoms with Crippen LogP contribution >= 0.6 is 0 Å². The largest absolute Gasteiger partial charge is 0.497 e. The fourth-order valence-electron chi connectivity index (χ4n) is 2.73. The molecule has 0 aliphatic rings. The average Bonchev–Trinajstić information content (AvgIpc) is 2.66. The summed E-state index contributed by atoms with van der Waals surface area (Å²) in [7, 11) is -0.899. The van der Waals surface area contributed by atoms with Crippen molar-refractivity contribution in [2.45, 2.75) is 18.4 Å². The maximum absolute atomic E-state index is 12.7. The lowest BCUT2D eigenvalue weighted by atomic mass is 10.1. The minimum Gasteiger partial charge on any atom is -0.497 e. The Balaban J connectivity index is 1.93. The molecule has 27 heavy (non-hydrogen) atoms. The standard InChI is InChI=1S/C19H20N2O5S/c1-12-4-7-17(26-3)18(8-12)27(23,24)20-11-14-9-13-10-15(25-2)5-6-16(13)21-19(14)22/h4-10,20H,11H2,1-3H3,(H,21,22). The summed E-state index contributed by atoms with van der Waals surface area (Å²) in [6, 6.07) is 11.8. The van der Waals surface area contributed by atoms with Crippen LogP contribution in [0.1, 0.15) is 11.1 Å². The molecule has 0 amide bonds. The predicted octanol–water partition coefficient (Wildman–Crippen LogP) is 2.33. The van der Waals surface area contributed by atoms with Crippen LogP contribution in [0.25, 0.3) is 10.9 Å². The molecule has 1 heterocycles. The molecule has 8 heteroatoms. The number of benzene rings is 2. The molecule has 0 atom stereocenters. The summed E-state index contributed by atoms with van der Waals surface area (Å²) in [4.78, 5) is 15.1. The van der Waals surface area contributed by atoms with Gasteiger partial charge in [0.25, 0.3) is 5.56 Å². The maximum atomic E-state index is 12.7. The Morgan fingerprint density at radius 2 is 1.81 bits per heavy atom. The lowest BCUT2D eigenvalue weighted by molar-refractivity contribution is 0.402. The van der Waals surface area contributed by atoms with E-state index in [0.717, 1.165) is 10.9 Å². The van der Waals surface area contributed by atoms with Crippen molar-refractivity contribution in [2.75, 3.05) is 14.2 Å².